The molecule has 2 rings (SSSR count). The summed E-state index contributed by atoms with van der Waals surface area (Å²) in [5, 5.41) is 8.76. The molecule has 2 heterocycles. The maximum absolute atomic E-state index is 8.76. The topological polar surface area (TPSA) is 73.1 Å². The minimum atomic E-state index is -0.445. The van der Waals surface area contributed by atoms with Crippen molar-refractivity contribution in [3.63, 3.8) is 0 Å². The first-order valence-electron chi connectivity index (χ1n) is 6.61. The number of nitriles is 1. The summed E-state index contributed by atoms with van der Waals surface area (Å²) in [4.78, 5) is 4.47. The third kappa shape index (κ3) is 3.12. The summed E-state index contributed by atoms with van der Waals surface area (Å²) in [6, 6.07) is 2.15. The van der Waals surface area contributed by atoms with Crippen molar-refractivity contribution in [2.24, 2.45) is 10.4 Å². The molecular weight excluding hydrogens is 248 g/mol. The molecule has 2 aliphatic heterocycles. The number of rotatable bonds is 4. The van der Waals surface area contributed by atoms with E-state index in [2.05, 4.69) is 11.1 Å². The molecule has 0 saturated carbocycles. The molecule has 0 amide bonds. The van der Waals surface area contributed by atoms with E-state index in [1.807, 2.05) is 13.1 Å². The molecule has 6 heteroatoms. The molecular formula is C13H20N2O4. The number of nitrogens with zero attached hydrogens (tertiary/aromatic N) is 2. The van der Waals surface area contributed by atoms with E-state index in [1.54, 1.807) is 0 Å². The lowest BCUT2D eigenvalue weighted by molar-refractivity contribution is -0.301. The molecule has 0 bridgehead atoms. The van der Waals surface area contributed by atoms with Gasteiger partial charge >= 0.3 is 0 Å². The van der Waals surface area contributed by atoms with Gasteiger partial charge in [0.15, 0.2) is 6.23 Å². The summed E-state index contributed by atoms with van der Waals surface area (Å²) < 4.78 is 22.2. The average molecular weight is 268 g/mol. The standard InChI is InChI=1S/C13H20N2O4/c1-2-6-15-12-13(8-17-10-19-12)7-16-9-18-11(13)4-3-5-14/h6,11-12H,2-4,7-10H2,1H3. The Labute approximate surface area is 113 Å². The normalized spacial score (nSPS) is 35.6. The van der Waals surface area contributed by atoms with Gasteiger partial charge in [-0.3, -0.25) is 4.99 Å². The van der Waals surface area contributed by atoms with E-state index >= 15 is 0 Å². The van der Waals surface area contributed by atoms with Crippen LogP contribution in [0.15, 0.2) is 4.99 Å². The Morgan fingerprint density at radius 3 is 2.74 bits per heavy atom. The Morgan fingerprint density at radius 1 is 1.32 bits per heavy atom. The number of aliphatic imine (C=N–C) groups is 1. The summed E-state index contributed by atoms with van der Waals surface area (Å²) in [6.45, 7) is 3.47. The molecule has 0 aromatic rings. The first-order chi connectivity index (χ1) is 9.33. The van der Waals surface area contributed by atoms with E-state index in [0.717, 1.165) is 6.42 Å². The van der Waals surface area contributed by atoms with Gasteiger partial charge in [0.25, 0.3) is 0 Å². The average Bonchev–Trinajstić information content (AvgIpc) is 2.46. The quantitative estimate of drug-likeness (QED) is 0.722. The van der Waals surface area contributed by atoms with E-state index in [1.165, 1.54) is 0 Å². The van der Waals surface area contributed by atoms with Gasteiger partial charge in [-0.05, 0) is 12.8 Å². The predicted octanol–water partition coefficient (Wildman–Crippen LogP) is 1.46. The van der Waals surface area contributed by atoms with E-state index in [0.29, 0.717) is 26.1 Å². The fourth-order valence-electron chi connectivity index (χ4n) is 2.53. The van der Waals surface area contributed by atoms with Crippen LogP contribution < -0.4 is 0 Å². The predicted molar refractivity (Wildman–Crippen MR) is 67.4 cm³/mol. The van der Waals surface area contributed by atoms with Crippen LogP contribution in [0.2, 0.25) is 0 Å². The minimum absolute atomic E-state index is 0.125. The van der Waals surface area contributed by atoms with Gasteiger partial charge in [0.2, 0.25) is 0 Å². The lowest BCUT2D eigenvalue weighted by Crippen LogP contribution is -2.58. The van der Waals surface area contributed by atoms with Gasteiger partial charge in [-0.1, -0.05) is 6.92 Å². The van der Waals surface area contributed by atoms with Crippen LogP contribution in [0.1, 0.15) is 26.2 Å². The molecule has 0 aliphatic carbocycles. The first kappa shape index (κ1) is 14.4. The van der Waals surface area contributed by atoms with Crippen LogP contribution in [0, 0.1) is 16.7 Å². The van der Waals surface area contributed by atoms with Crippen molar-refractivity contribution in [3.05, 3.63) is 0 Å². The third-order valence-corrected chi connectivity index (χ3v) is 3.48. The number of hydrogen-bond acceptors (Lipinski definition) is 6. The van der Waals surface area contributed by atoms with Crippen molar-refractivity contribution in [2.75, 3.05) is 26.8 Å². The summed E-state index contributed by atoms with van der Waals surface area (Å²) in [6.07, 6.45) is 3.32. The lowest BCUT2D eigenvalue weighted by atomic mass is 9.78. The molecule has 19 heavy (non-hydrogen) atoms. The minimum Gasteiger partial charge on any atom is -0.354 e. The van der Waals surface area contributed by atoms with Crippen LogP contribution in [0.3, 0.4) is 0 Å². The van der Waals surface area contributed by atoms with Gasteiger partial charge in [-0.2, -0.15) is 5.26 Å². The molecule has 0 aromatic heterocycles. The van der Waals surface area contributed by atoms with Crippen molar-refractivity contribution < 1.29 is 18.9 Å². The van der Waals surface area contributed by atoms with Crippen LogP contribution >= 0.6 is 0 Å². The molecule has 0 N–H and O–H groups in total. The zero-order chi connectivity index (χ0) is 13.6. The second kappa shape index (κ2) is 6.96. The highest BCUT2D eigenvalue weighted by Gasteiger charge is 2.51. The van der Waals surface area contributed by atoms with Gasteiger partial charge in [0.1, 0.15) is 13.6 Å². The number of hydrogen-bond donors (Lipinski definition) is 0. The van der Waals surface area contributed by atoms with Crippen LogP contribution in [0.25, 0.3) is 0 Å². The summed E-state index contributed by atoms with van der Waals surface area (Å²) in [5.41, 5.74) is -0.445. The van der Waals surface area contributed by atoms with E-state index < -0.39 is 5.41 Å². The molecule has 2 fully saturated rings. The van der Waals surface area contributed by atoms with Crippen LogP contribution in [0.5, 0.6) is 0 Å². The monoisotopic (exact) mass is 268 g/mol. The van der Waals surface area contributed by atoms with E-state index in [-0.39, 0.29) is 25.9 Å². The molecule has 6 nitrogen and oxygen atoms in total. The van der Waals surface area contributed by atoms with Crippen molar-refractivity contribution in [1.82, 2.24) is 0 Å². The Balaban J connectivity index is 2.17. The highest BCUT2D eigenvalue weighted by Crippen LogP contribution is 2.39. The summed E-state index contributed by atoms with van der Waals surface area (Å²) in [7, 11) is 0. The van der Waals surface area contributed by atoms with E-state index in [4.69, 9.17) is 24.2 Å². The van der Waals surface area contributed by atoms with Crippen LogP contribution in [-0.2, 0) is 18.9 Å². The molecule has 3 unspecified atom stereocenters. The molecule has 2 aliphatic rings. The van der Waals surface area contributed by atoms with Crippen LogP contribution in [-0.4, -0.2) is 45.3 Å². The largest absolute Gasteiger partial charge is 0.354 e. The van der Waals surface area contributed by atoms with Gasteiger partial charge in [-0.15, -0.1) is 0 Å². The van der Waals surface area contributed by atoms with Crippen molar-refractivity contribution >= 4 is 6.21 Å². The molecule has 1 spiro atoms. The van der Waals surface area contributed by atoms with E-state index in [9.17, 15) is 0 Å². The second-order valence-corrected chi connectivity index (χ2v) is 4.78. The molecule has 3 atom stereocenters. The molecule has 2 saturated heterocycles. The smallest absolute Gasteiger partial charge is 0.163 e. The summed E-state index contributed by atoms with van der Waals surface area (Å²) in [5.74, 6) is 0. The zero-order valence-electron chi connectivity index (χ0n) is 11.2. The first-order valence-corrected chi connectivity index (χ1v) is 6.61. The fourth-order valence-corrected chi connectivity index (χ4v) is 2.53. The highest BCUT2D eigenvalue weighted by molar-refractivity contribution is 5.56. The van der Waals surface area contributed by atoms with Gasteiger partial charge in [-0.25, -0.2) is 0 Å². The zero-order valence-corrected chi connectivity index (χ0v) is 11.2. The SMILES string of the molecule is CCC=NC1OCOCC12COCOC2CCC#N. The Bertz CT molecular complexity index is 349. The third-order valence-electron chi connectivity index (χ3n) is 3.48. The summed E-state index contributed by atoms with van der Waals surface area (Å²) >= 11 is 0. The fraction of sp³-hybridized carbons (Fsp3) is 0.846. The van der Waals surface area contributed by atoms with Crippen LogP contribution in [0.4, 0.5) is 0 Å². The Kier molecular flexibility index (Phi) is 5.28. The van der Waals surface area contributed by atoms with Gasteiger partial charge in [0, 0.05) is 12.6 Å². The Hall–Kier alpha value is -1.00. The maximum atomic E-state index is 8.76. The lowest BCUT2D eigenvalue weighted by Gasteiger charge is -2.48. The van der Waals surface area contributed by atoms with Crippen molar-refractivity contribution in [3.8, 4) is 6.07 Å². The van der Waals surface area contributed by atoms with Crippen molar-refractivity contribution in [2.45, 2.75) is 38.5 Å². The Morgan fingerprint density at radius 2 is 2.05 bits per heavy atom. The molecule has 0 radical (unpaired) electrons. The highest BCUT2D eigenvalue weighted by atomic mass is 16.7. The molecule has 106 valence electrons. The van der Waals surface area contributed by atoms with Gasteiger partial charge < -0.3 is 18.9 Å². The van der Waals surface area contributed by atoms with Crippen molar-refractivity contribution in [1.29, 1.82) is 5.26 Å². The second-order valence-electron chi connectivity index (χ2n) is 4.78. The molecule has 0 aromatic carbocycles. The maximum Gasteiger partial charge on any atom is 0.163 e. The number of ether oxygens (including phenoxy) is 4. The van der Waals surface area contributed by atoms with Gasteiger partial charge in [0.05, 0.1) is 30.8 Å².